The number of nitrogens with one attached hydrogen (secondary N) is 2. The van der Waals surface area contributed by atoms with Gasteiger partial charge >= 0.3 is 0 Å². The predicted octanol–water partition coefficient (Wildman–Crippen LogP) is 0.971. The zero-order valence-electron chi connectivity index (χ0n) is 11.1. The van der Waals surface area contributed by atoms with Crippen LogP contribution in [0.25, 0.3) is 0 Å². The standard InChI is InChI=1S/C14H21N3O/c1-3-17(2)7-6-16-14(18)11-4-5-12-9-15-10-13(12)8-11/h4-5,8,15H,3,6-7,9-10H2,1-2H3,(H,16,18). The van der Waals surface area contributed by atoms with Crippen molar-refractivity contribution in [2.75, 3.05) is 26.7 Å². The predicted molar refractivity (Wildman–Crippen MR) is 72.5 cm³/mol. The maximum Gasteiger partial charge on any atom is 0.251 e. The number of rotatable bonds is 5. The Balaban J connectivity index is 1.89. The number of amides is 1. The molecule has 1 aromatic rings. The molecule has 0 aliphatic carbocycles. The first-order valence-corrected chi connectivity index (χ1v) is 6.50. The van der Waals surface area contributed by atoms with Crippen LogP contribution in [0.4, 0.5) is 0 Å². The Hall–Kier alpha value is -1.39. The van der Waals surface area contributed by atoms with Crippen molar-refractivity contribution in [2.45, 2.75) is 20.0 Å². The van der Waals surface area contributed by atoms with E-state index in [-0.39, 0.29) is 5.91 Å². The van der Waals surface area contributed by atoms with E-state index >= 15 is 0 Å². The maximum absolute atomic E-state index is 12.0. The molecule has 0 spiro atoms. The van der Waals surface area contributed by atoms with Gasteiger partial charge < -0.3 is 15.5 Å². The van der Waals surface area contributed by atoms with E-state index in [0.717, 1.165) is 31.7 Å². The van der Waals surface area contributed by atoms with Gasteiger partial charge in [0.2, 0.25) is 0 Å². The zero-order valence-corrected chi connectivity index (χ0v) is 11.1. The average molecular weight is 247 g/mol. The normalized spacial score (nSPS) is 13.7. The Morgan fingerprint density at radius 1 is 1.39 bits per heavy atom. The number of hydrogen-bond donors (Lipinski definition) is 2. The summed E-state index contributed by atoms with van der Waals surface area (Å²) in [6, 6.07) is 5.95. The van der Waals surface area contributed by atoms with Gasteiger partial charge in [0.15, 0.2) is 0 Å². The van der Waals surface area contributed by atoms with Crippen molar-refractivity contribution < 1.29 is 4.79 Å². The van der Waals surface area contributed by atoms with Crippen molar-refractivity contribution >= 4 is 5.91 Å². The third-order valence-electron chi connectivity index (χ3n) is 3.42. The van der Waals surface area contributed by atoms with E-state index in [0.29, 0.717) is 6.54 Å². The van der Waals surface area contributed by atoms with E-state index in [9.17, 15) is 4.79 Å². The van der Waals surface area contributed by atoms with Crippen LogP contribution in [0.2, 0.25) is 0 Å². The highest BCUT2D eigenvalue weighted by atomic mass is 16.1. The molecule has 0 saturated heterocycles. The molecule has 1 heterocycles. The highest BCUT2D eigenvalue weighted by Crippen LogP contribution is 2.16. The van der Waals surface area contributed by atoms with Crippen LogP contribution in [0, 0.1) is 0 Å². The first-order valence-electron chi connectivity index (χ1n) is 6.50. The van der Waals surface area contributed by atoms with Crippen molar-refractivity contribution in [2.24, 2.45) is 0 Å². The largest absolute Gasteiger partial charge is 0.351 e. The van der Waals surface area contributed by atoms with E-state index in [1.165, 1.54) is 11.1 Å². The lowest BCUT2D eigenvalue weighted by atomic mass is 10.1. The smallest absolute Gasteiger partial charge is 0.251 e. The average Bonchev–Trinajstić information content (AvgIpc) is 2.85. The summed E-state index contributed by atoms with van der Waals surface area (Å²) in [6.07, 6.45) is 0. The van der Waals surface area contributed by atoms with Gasteiger partial charge in [-0.25, -0.2) is 0 Å². The molecule has 4 heteroatoms. The molecule has 0 bridgehead atoms. The van der Waals surface area contributed by atoms with Crippen LogP contribution in [0.3, 0.4) is 0 Å². The van der Waals surface area contributed by atoms with Gasteiger partial charge in [0.25, 0.3) is 5.91 Å². The quantitative estimate of drug-likeness (QED) is 0.815. The minimum absolute atomic E-state index is 0.0224. The van der Waals surface area contributed by atoms with Crippen LogP contribution in [0.15, 0.2) is 18.2 Å². The molecule has 0 radical (unpaired) electrons. The van der Waals surface area contributed by atoms with E-state index in [1.54, 1.807) is 0 Å². The van der Waals surface area contributed by atoms with Crippen LogP contribution in [0.5, 0.6) is 0 Å². The van der Waals surface area contributed by atoms with Gasteiger partial charge in [0.1, 0.15) is 0 Å². The van der Waals surface area contributed by atoms with Crippen LogP contribution in [0.1, 0.15) is 28.4 Å². The fraction of sp³-hybridized carbons (Fsp3) is 0.500. The minimum Gasteiger partial charge on any atom is -0.351 e. The summed E-state index contributed by atoms with van der Waals surface area (Å²) in [7, 11) is 2.05. The van der Waals surface area contributed by atoms with Crippen LogP contribution >= 0.6 is 0 Å². The topological polar surface area (TPSA) is 44.4 Å². The van der Waals surface area contributed by atoms with E-state index in [4.69, 9.17) is 0 Å². The molecule has 2 N–H and O–H groups in total. The number of nitrogens with zero attached hydrogens (tertiary/aromatic N) is 1. The molecule has 0 saturated carbocycles. The van der Waals surface area contributed by atoms with Crippen molar-refractivity contribution in [3.05, 3.63) is 34.9 Å². The summed E-state index contributed by atoms with van der Waals surface area (Å²) in [6.45, 7) is 6.47. The summed E-state index contributed by atoms with van der Waals surface area (Å²) in [5, 5.41) is 6.24. The fourth-order valence-electron chi connectivity index (χ4n) is 2.06. The van der Waals surface area contributed by atoms with Gasteiger partial charge in [0.05, 0.1) is 0 Å². The summed E-state index contributed by atoms with van der Waals surface area (Å²) < 4.78 is 0. The lowest BCUT2D eigenvalue weighted by molar-refractivity contribution is 0.0950. The molecule has 1 aliphatic heterocycles. The van der Waals surface area contributed by atoms with Crippen molar-refractivity contribution in [1.82, 2.24) is 15.5 Å². The van der Waals surface area contributed by atoms with E-state index in [2.05, 4.69) is 22.5 Å². The number of fused-ring (bicyclic) bond motifs is 1. The number of likely N-dealkylation sites (N-methyl/N-ethyl adjacent to an activating group) is 1. The summed E-state index contributed by atoms with van der Waals surface area (Å²) in [5.41, 5.74) is 3.31. The van der Waals surface area contributed by atoms with Crippen molar-refractivity contribution in [3.8, 4) is 0 Å². The first kappa shape index (κ1) is 13.1. The molecule has 0 aromatic heterocycles. The van der Waals surface area contributed by atoms with Crippen LogP contribution in [-0.2, 0) is 13.1 Å². The minimum atomic E-state index is 0.0224. The third-order valence-corrected chi connectivity index (χ3v) is 3.42. The molecule has 18 heavy (non-hydrogen) atoms. The Morgan fingerprint density at radius 3 is 2.94 bits per heavy atom. The Kier molecular flexibility index (Phi) is 4.33. The van der Waals surface area contributed by atoms with Crippen molar-refractivity contribution in [1.29, 1.82) is 0 Å². The number of benzene rings is 1. The molecule has 1 amide bonds. The van der Waals surface area contributed by atoms with Gasteiger partial charge in [-0.3, -0.25) is 4.79 Å². The molecule has 0 atom stereocenters. The number of carbonyl (C=O) groups excluding carboxylic acids is 1. The molecule has 98 valence electrons. The summed E-state index contributed by atoms with van der Waals surface area (Å²) in [5.74, 6) is 0.0224. The van der Waals surface area contributed by atoms with Gasteiger partial charge in [-0.05, 0) is 36.9 Å². The zero-order chi connectivity index (χ0) is 13.0. The highest BCUT2D eigenvalue weighted by Gasteiger charge is 2.13. The molecule has 2 rings (SSSR count). The van der Waals surface area contributed by atoms with E-state index < -0.39 is 0 Å². The molecule has 1 aliphatic rings. The molecule has 1 aromatic carbocycles. The summed E-state index contributed by atoms with van der Waals surface area (Å²) in [4.78, 5) is 14.1. The van der Waals surface area contributed by atoms with Crippen LogP contribution < -0.4 is 10.6 Å². The molecule has 0 fully saturated rings. The Labute approximate surface area is 108 Å². The second kappa shape index (κ2) is 5.98. The third kappa shape index (κ3) is 3.09. The molecule has 0 unspecified atom stereocenters. The fourth-order valence-corrected chi connectivity index (χ4v) is 2.06. The Bertz CT molecular complexity index is 431. The van der Waals surface area contributed by atoms with E-state index in [1.807, 2.05) is 25.2 Å². The second-order valence-corrected chi connectivity index (χ2v) is 4.74. The number of carbonyl (C=O) groups is 1. The molecule has 4 nitrogen and oxygen atoms in total. The lowest BCUT2D eigenvalue weighted by Gasteiger charge is -2.14. The Morgan fingerprint density at radius 2 is 2.17 bits per heavy atom. The summed E-state index contributed by atoms with van der Waals surface area (Å²) >= 11 is 0. The highest BCUT2D eigenvalue weighted by molar-refractivity contribution is 5.94. The van der Waals surface area contributed by atoms with Gasteiger partial charge in [0, 0.05) is 31.7 Å². The molecular formula is C14H21N3O. The first-order chi connectivity index (χ1) is 8.70. The lowest BCUT2D eigenvalue weighted by Crippen LogP contribution is -2.32. The molecular weight excluding hydrogens is 226 g/mol. The van der Waals surface area contributed by atoms with Crippen molar-refractivity contribution in [3.63, 3.8) is 0 Å². The maximum atomic E-state index is 12.0. The SMILES string of the molecule is CCN(C)CCNC(=O)c1ccc2c(c1)CNC2. The number of hydrogen-bond acceptors (Lipinski definition) is 3. The second-order valence-electron chi connectivity index (χ2n) is 4.74. The van der Waals surface area contributed by atoms with Gasteiger partial charge in [-0.2, -0.15) is 0 Å². The van der Waals surface area contributed by atoms with Gasteiger partial charge in [-0.1, -0.05) is 13.0 Å². The monoisotopic (exact) mass is 247 g/mol. The van der Waals surface area contributed by atoms with Gasteiger partial charge in [-0.15, -0.1) is 0 Å². The van der Waals surface area contributed by atoms with Crippen LogP contribution in [-0.4, -0.2) is 37.5 Å².